The third-order valence-corrected chi connectivity index (χ3v) is 3.17. The van der Waals surface area contributed by atoms with Crippen molar-refractivity contribution < 1.29 is 0 Å². The molecule has 2 heteroatoms. The van der Waals surface area contributed by atoms with Crippen molar-refractivity contribution in [1.29, 1.82) is 0 Å². The van der Waals surface area contributed by atoms with Gasteiger partial charge in [0.25, 0.3) is 0 Å². The average molecular weight is 204 g/mol. The van der Waals surface area contributed by atoms with Crippen LogP contribution in [-0.2, 0) is 6.42 Å². The molecule has 1 aromatic rings. The van der Waals surface area contributed by atoms with Gasteiger partial charge in [0.2, 0.25) is 0 Å². The maximum Gasteiger partial charge on any atom is 0.0467 e. The monoisotopic (exact) mass is 204 g/mol. The summed E-state index contributed by atoms with van der Waals surface area (Å²) >= 11 is 0. The summed E-state index contributed by atoms with van der Waals surface area (Å²) in [6.07, 6.45) is 6.90. The number of aromatic nitrogens is 1. The lowest BCUT2D eigenvalue weighted by Crippen LogP contribution is -2.17. The van der Waals surface area contributed by atoms with Crippen molar-refractivity contribution in [2.75, 3.05) is 13.1 Å². The summed E-state index contributed by atoms with van der Waals surface area (Å²) in [6, 6.07) is 4.28. The molecular weight excluding hydrogens is 184 g/mol. The number of rotatable bonds is 5. The Morgan fingerprint density at radius 3 is 3.27 bits per heavy atom. The number of fused-ring (bicyclic) bond motifs is 1. The summed E-state index contributed by atoms with van der Waals surface area (Å²) in [5.41, 5.74) is 2.83. The van der Waals surface area contributed by atoms with Crippen LogP contribution in [0.5, 0.6) is 0 Å². The van der Waals surface area contributed by atoms with E-state index < -0.39 is 0 Å². The second kappa shape index (κ2) is 5.26. The molecule has 0 bridgehead atoms. The average Bonchev–Trinajstić information content (AvgIpc) is 2.68. The van der Waals surface area contributed by atoms with Gasteiger partial charge in [0.1, 0.15) is 0 Å². The quantitative estimate of drug-likeness (QED) is 0.745. The second-order valence-electron chi connectivity index (χ2n) is 4.32. The molecule has 1 atom stereocenters. The van der Waals surface area contributed by atoms with Crippen molar-refractivity contribution >= 4 is 0 Å². The topological polar surface area (TPSA) is 24.9 Å². The third-order valence-electron chi connectivity index (χ3n) is 3.17. The van der Waals surface area contributed by atoms with E-state index in [4.69, 9.17) is 0 Å². The molecule has 2 rings (SSSR count). The minimum absolute atomic E-state index is 0.700. The van der Waals surface area contributed by atoms with Crippen LogP contribution in [0.25, 0.3) is 0 Å². The van der Waals surface area contributed by atoms with Crippen molar-refractivity contribution in [3.8, 4) is 0 Å². The summed E-state index contributed by atoms with van der Waals surface area (Å²) in [5, 5.41) is 3.46. The molecule has 1 heterocycles. The van der Waals surface area contributed by atoms with Gasteiger partial charge in [0.15, 0.2) is 0 Å². The zero-order valence-corrected chi connectivity index (χ0v) is 9.50. The highest BCUT2D eigenvalue weighted by Gasteiger charge is 2.22. The predicted molar refractivity (Wildman–Crippen MR) is 63.1 cm³/mol. The number of hydrogen-bond donors (Lipinski definition) is 1. The summed E-state index contributed by atoms with van der Waals surface area (Å²) in [7, 11) is 0. The van der Waals surface area contributed by atoms with Crippen LogP contribution in [0.15, 0.2) is 18.3 Å². The minimum Gasteiger partial charge on any atom is -0.317 e. The van der Waals surface area contributed by atoms with Crippen molar-refractivity contribution in [2.45, 2.75) is 38.5 Å². The molecular formula is C13H20N2. The minimum atomic E-state index is 0.700. The molecule has 1 aliphatic rings. The zero-order valence-electron chi connectivity index (χ0n) is 9.50. The van der Waals surface area contributed by atoms with Crippen LogP contribution in [0.3, 0.4) is 0 Å². The van der Waals surface area contributed by atoms with Crippen molar-refractivity contribution in [3.63, 3.8) is 0 Å². The first-order valence-electron chi connectivity index (χ1n) is 6.06. The molecule has 0 amide bonds. The fourth-order valence-electron chi connectivity index (χ4n) is 2.36. The fourth-order valence-corrected chi connectivity index (χ4v) is 2.36. The van der Waals surface area contributed by atoms with Crippen LogP contribution >= 0.6 is 0 Å². The van der Waals surface area contributed by atoms with E-state index in [9.17, 15) is 0 Å². The highest BCUT2D eigenvalue weighted by Crippen LogP contribution is 2.32. The molecule has 0 spiro atoms. The molecule has 0 aromatic carbocycles. The van der Waals surface area contributed by atoms with E-state index in [-0.39, 0.29) is 0 Å². The normalized spacial score (nSPS) is 19.1. The Balaban J connectivity index is 1.85. The SMILES string of the molecule is CCCNCCC1CCc2cccnc21. The molecule has 1 aromatic heterocycles. The van der Waals surface area contributed by atoms with E-state index in [1.54, 1.807) is 0 Å². The molecule has 15 heavy (non-hydrogen) atoms. The molecule has 0 saturated carbocycles. The predicted octanol–water partition coefficient (Wildman–Crippen LogP) is 2.50. The molecule has 1 aliphatic carbocycles. The maximum atomic E-state index is 4.51. The lowest BCUT2D eigenvalue weighted by Gasteiger charge is -2.10. The maximum absolute atomic E-state index is 4.51. The van der Waals surface area contributed by atoms with Crippen LogP contribution in [0, 0.1) is 0 Å². The molecule has 1 N–H and O–H groups in total. The molecule has 82 valence electrons. The molecule has 0 saturated heterocycles. The standard InChI is InChI=1S/C13H20N2/c1-2-8-14-10-7-12-6-5-11-4-3-9-15-13(11)12/h3-4,9,12,14H,2,5-8,10H2,1H3. The Bertz CT molecular complexity index is 309. The van der Waals surface area contributed by atoms with E-state index in [0.717, 1.165) is 13.1 Å². The number of hydrogen-bond acceptors (Lipinski definition) is 2. The van der Waals surface area contributed by atoms with Gasteiger partial charge >= 0.3 is 0 Å². The molecule has 1 unspecified atom stereocenters. The molecule has 0 radical (unpaired) electrons. The largest absolute Gasteiger partial charge is 0.317 e. The van der Waals surface area contributed by atoms with E-state index in [1.165, 1.54) is 36.9 Å². The number of aryl methyl sites for hydroxylation is 1. The van der Waals surface area contributed by atoms with Gasteiger partial charge in [-0.2, -0.15) is 0 Å². The van der Waals surface area contributed by atoms with Gasteiger partial charge in [0.05, 0.1) is 0 Å². The van der Waals surface area contributed by atoms with E-state index >= 15 is 0 Å². The Morgan fingerprint density at radius 2 is 2.40 bits per heavy atom. The van der Waals surface area contributed by atoms with Gasteiger partial charge in [-0.1, -0.05) is 13.0 Å². The Hall–Kier alpha value is -0.890. The fraction of sp³-hybridized carbons (Fsp3) is 0.615. The Morgan fingerprint density at radius 1 is 1.47 bits per heavy atom. The van der Waals surface area contributed by atoms with Gasteiger partial charge in [0, 0.05) is 17.8 Å². The molecule has 0 fully saturated rings. The van der Waals surface area contributed by atoms with Crippen LogP contribution in [0.2, 0.25) is 0 Å². The summed E-state index contributed by atoms with van der Waals surface area (Å²) in [4.78, 5) is 4.51. The summed E-state index contributed by atoms with van der Waals surface area (Å²) in [5.74, 6) is 0.700. The number of nitrogens with zero attached hydrogens (tertiary/aromatic N) is 1. The lowest BCUT2D eigenvalue weighted by atomic mass is 10.0. The first kappa shape index (κ1) is 10.6. The van der Waals surface area contributed by atoms with E-state index in [0.29, 0.717) is 5.92 Å². The Kier molecular flexibility index (Phi) is 3.73. The van der Waals surface area contributed by atoms with Crippen LogP contribution in [0.1, 0.15) is 43.4 Å². The highest BCUT2D eigenvalue weighted by molar-refractivity contribution is 5.28. The number of nitrogens with one attached hydrogen (secondary N) is 1. The summed E-state index contributed by atoms with van der Waals surface area (Å²) in [6.45, 7) is 4.48. The van der Waals surface area contributed by atoms with Gasteiger partial charge in [-0.15, -0.1) is 0 Å². The van der Waals surface area contributed by atoms with Crippen molar-refractivity contribution in [1.82, 2.24) is 10.3 Å². The molecule has 0 aliphatic heterocycles. The van der Waals surface area contributed by atoms with Crippen LogP contribution < -0.4 is 5.32 Å². The second-order valence-corrected chi connectivity index (χ2v) is 4.32. The highest BCUT2D eigenvalue weighted by atomic mass is 14.8. The van der Waals surface area contributed by atoms with Crippen LogP contribution in [-0.4, -0.2) is 18.1 Å². The zero-order chi connectivity index (χ0) is 10.5. The smallest absolute Gasteiger partial charge is 0.0467 e. The van der Waals surface area contributed by atoms with Gasteiger partial charge in [-0.05, 0) is 50.4 Å². The van der Waals surface area contributed by atoms with Crippen LogP contribution in [0.4, 0.5) is 0 Å². The third kappa shape index (κ3) is 2.57. The van der Waals surface area contributed by atoms with Gasteiger partial charge in [-0.25, -0.2) is 0 Å². The first-order chi connectivity index (χ1) is 7.42. The lowest BCUT2D eigenvalue weighted by molar-refractivity contribution is 0.555. The van der Waals surface area contributed by atoms with Gasteiger partial charge in [-0.3, -0.25) is 4.98 Å². The van der Waals surface area contributed by atoms with Crippen molar-refractivity contribution in [3.05, 3.63) is 29.6 Å². The number of pyridine rings is 1. The first-order valence-corrected chi connectivity index (χ1v) is 6.06. The summed E-state index contributed by atoms with van der Waals surface area (Å²) < 4.78 is 0. The molecule has 2 nitrogen and oxygen atoms in total. The van der Waals surface area contributed by atoms with E-state index in [1.807, 2.05) is 6.20 Å². The Labute approximate surface area is 92.1 Å². The van der Waals surface area contributed by atoms with Crippen molar-refractivity contribution in [2.24, 2.45) is 0 Å². The van der Waals surface area contributed by atoms with Gasteiger partial charge < -0.3 is 5.32 Å². The van der Waals surface area contributed by atoms with E-state index in [2.05, 4.69) is 29.4 Å².